The van der Waals surface area contributed by atoms with Gasteiger partial charge in [-0.3, -0.25) is 0 Å². The molecule has 0 aliphatic carbocycles. The van der Waals surface area contributed by atoms with Crippen LogP contribution in [0.15, 0.2) is 47.4 Å². The maximum atomic E-state index is 12.2. The third-order valence-electron chi connectivity index (χ3n) is 4.35. The summed E-state index contributed by atoms with van der Waals surface area (Å²) >= 11 is 5.94. The van der Waals surface area contributed by atoms with Crippen molar-refractivity contribution in [2.45, 2.75) is 11.0 Å². The fourth-order valence-corrected chi connectivity index (χ4v) is 3.65. The second-order valence-electron chi connectivity index (χ2n) is 6.07. The van der Waals surface area contributed by atoms with Gasteiger partial charge in [0.2, 0.25) is 10.0 Å². The highest BCUT2D eigenvalue weighted by atomic mass is 35.5. The molecule has 0 aromatic heterocycles. The second-order valence-corrected chi connectivity index (χ2v) is 8.07. The molecule has 0 spiro atoms. The number of benzene rings is 2. The Kier molecular flexibility index (Phi) is 5.71. The summed E-state index contributed by atoms with van der Waals surface area (Å²) in [7, 11) is -2.69. The molecule has 1 heterocycles. The van der Waals surface area contributed by atoms with Crippen molar-refractivity contribution in [3.05, 3.63) is 58.6 Å². The lowest BCUT2D eigenvalue weighted by Crippen LogP contribution is -2.39. The molecule has 0 saturated carbocycles. The highest BCUT2D eigenvalue weighted by Crippen LogP contribution is 2.30. The number of carbonyl (C=O) groups excluding carboxylic acids is 1. The Morgan fingerprint density at radius 3 is 2.59 bits per heavy atom. The van der Waals surface area contributed by atoms with Crippen LogP contribution >= 0.6 is 11.6 Å². The highest BCUT2D eigenvalue weighted by molar-refractivity contribution is 7.89. The quantitative estimate of drug-likeness (QED) is 0.777. The zero-order chi connectivity index (χ0) is 19.6. The molecule has 1 aliphatic heterocycles. The zero-order valence-electron chi connectivity index (χ0n) is 14.6. The van der Waals surface area contributed by atoms with Crippen molar-refractivity contribution in [1.29, 1.82) is 0 Å². The maximum absolute atomic E-state index is 12.2. The van der Waals surface area contributed by atoms with Crippen molar-refractivity contribution in [1.82, 2.24) is 0 Å². The average Bonchev–Trinajstić information content (AvgIpc) is 2.67. The molecule has 1 atom stereocenters. The number of methoxy groups -OCH3 is 1. The number of esters is 1. The van der Waals surface area contributed by atoms with Gasteiger partial charge in [0.05, 0.1) is 29.9 Å². The summed E-state index contributed by atoms with van der Waals surface area (Å²) in [6.45, 7) is 1.48. The third-order valence-corrected chi connectivity index (χ3v) is 5.51. The zero-order valence-corrected chi connectivity index (χ0v) is 16.2. The van der Waals surface area contributed by atoms with Crippen LogP contribution in [0.1, 0.15) is 22.0 Å². The highest BCUT2D eigenvalue weighted by Gasteiger charge is 2.26. The average molecular weight is 411 g/mol. The van der Waals surface area contributed by atoms with Crippen LogP contribution in [-0.2, 0) is 19.5 Å². The molecule has 27 heavy (non-hydrogen) atoms. The van der Waals surface area contributed by atoms with Gasteiger partial charge in [0.25, 0.3) is 0 Å². The molecular weight excluding hydrogens is 392 g/mol. The molecule has 0 bridgehead atoms. The Bertz CT molecular complexity index is 947. The van der Waals surface area contributed by atoms with Gasteiger partial charge in [-0.2, -0.15) is 0 Å². The molecule has 1 fully saturated rings. The van der Waals surface area contributed by atoms with Gasteiger partial charge < -0.3 is 14.4 Å². The van der Waals surface area contributed by atoms with E-state index in [-0.39, 0.29) is 16.6 Å². The van der Waals surface area contributed by atoms with E-state index in [2.05, 4.69) is 0 Å². The van der Waals surface area contributed by atoms with Crippen molar-refractivity contribution >= 4 is 33.3 Å². The summed E-state index contributed by atoms with van der Waals surface area (Å²) in [4.78, 5) is 14.0. The van der Waals surface area contributed by atoms with Gasteiger partial charge in [0.1, 0.15) is 6.10 Å². The van der Waals surface area contributed by atoms with E-state index in [1.54, 1.807) is 18.2 Å². The predicted octanol–water partition coefficient (Wildman–Crippen LogP) is 2.35. The fraction of sp³-hybridized carbons (Fsp3) is 0.278. The standard InChI is InChI=1S/C18H19ClN2O5S/c1-25-18(22)15-10-14(27(20,23)24)6-7-16(15)21-8-9-26-17(11-21)12-2-4-13(19)5-3-12/h2-7,10,17H,8-9,11H2,1H3,(H2,20,23,24)/t17-/m0/s1. The lowest BCUT2D eigenvalue weighted by Gasteiger charge is -2.35. The number of hydrogen-bond donors (Lipinski definition) is 1. The molecule has 2 aromatic rings. The first-order valence-electron chi connectivity index (χ1n) is 8.17. The minimum Gasteiger partial charge on any atom is -0.465 e. The summed E-state index contributed by atoms with van der Waals surface area (Å²) in [5, 5.41) is 5.82. The number of rotatable bonds is 4. The number of primary sulfonamides is 1. The predicted molar refractivity (Wildman–Crippen MR) is 102 cm³/mol. The first-order chi connectivity index (χ1) is 12.8. The summed E-state index contributed by atoms with van der Waals surface area (Å²) < 4.78 is 33.9. The van der Waals surface area contributed by atoms with E-state index in [1.165, 1.54) is 19.2 Å². The number of hydrogen-bond acceptors (Lipinski definition) is 6. The monoisotopic (exact) mass is 410 g/mol. The van der Waals surface area contributed by atoms with E-state index in [0.717, 1.165) is 5.56 Å². The summed E-state index contributed by atoms with van der Waals surface area (Å²) in [6, 6.07) is 11.5. The molecule has 144 valence electrons. The number of ether oxygens (including phenoxy) is 2. The van der Waals surface area contributed by atoms with Gasteiger partial charge in [-0.05, 0) is 35.9 Å². The van der Waals surface area contributed by atoms with Crippen LogP contribution in [0.2, 0.25) is 5.02 Å². The number of morpholine rings is 1. The van der Waals surface area contributed by atoms with E-state index in [9.17, 15) is 13.2 Å². The fourth-order valence-electron chi connectivity index (χ4n) is 2.99. The van der Waals surface area contributed by atoms with Crippen LogP contribution in [0.4, 0.5) is 5.69 Å². The van der Waals surface area contributed by atoms with E-state index < -0.39 is 16.0 Å². The van der Waals surface area contributed by atoms with Crippen molar-refractivity contribution in [3.8, 4) is 0 Å². The topological polar surface area (TPSA) is 98.9 Å². The Morgan fingerprint density at radius 2 is 1.96 bits per heavy atom. The summed E-state index contributed by atoms with van der Waals surface area (Å²) in [5.74, 6) is -0.634. The third kappa shape index (κ3) is 4.41. The lowest BCUT2D eigenvalue weighted by molar-refractivity contribution is 0.0394. The molecule has 9 heteroatoms. The van der Waals surface area contributed by atoms with Crippen molar-refractivity contribution in [3.63, 3.8) is 0 Å². The van der Waals surface area contributed by atoms with Crippen LogP contribution in [0, 0.1) is 0 Å². The smallest absolute Gasteiger partial charge is 0.340 e. The number of nitrogens with two attached hydrogens (primary N) is 1. The Balaban J connectivity index is 1.94. The molecule has 1 saturated heterocycles. The van der Waals surface area contributed by atoms with Crippen LogP contribution in [0.25, 0.3) is 0 Å². The van der Waals surface area contributed by atoms with Gasteiger partial charge in [-0.1, -0.05) is 23.7 Å². The summed E-state index contributed by atoms with van der Waals surface area (Å²) in [6.07, 6.45) is -0.209. The Labute approximate surface area is 162 Å². The van der Waals surface area contributed by atoms with Gasteiger partial charge in [-0.25, -0.2) is 18.4 Å². The van der Waals surface area contributed by atoms with E-state index in [0.29, 0.717) is 30.4 Å². The SMILES string of the molecule is COC(=O)c1cc(S(N)(=O)=O)ccc1N1CCO[C@H](c2ccc(Cl)cc2)C1. The Morgan fingerprint density at radius 1 is 1.26 bits per heavy atom. The summed E-state index contributed by atoms with van der Waals surface area (Å²) in [5.41, 5.74) is 1.67. The molecule has 7 nitrogen and oxygen atoms in total. The van der Waals surface area contributed by atoms with Crippen molar-refractivity contribution < 1.29 is 22.7 Å². The number of carbonyl (C=O) groups is 1. The molecule has 0 amide bonds. The molecule has 0 radical (unpaired) electrons. The normalized spacial score (nSPS) is 17.6. The molecule has 0 unspecified atom stereocenters. The van der Waals surface area contributed by atoms with Crippen LogP contribution in [0.3, 0.4) is 0 Å². The van der Waals surface area contributed by atoms with Crippen LogP contribution in [0.5, 0.6) is 0 Å². The Hall–Kier alpha value is -2.13. The number of nitrogens with zero attached hydrogens (tertiary/aromatic N) is 1. The molecule has 2 aromatic carbocycles. The maximum Gasteiger partial charge on any atom is 0.340 e. The van der Waals surface area contributed by atoms with E-state index in [4.69, 9.17) is 26.2 Å². The number of sulfonamides is 1. The minimum absolute atomic E-state index is 0.140. The van der Waals surface area contributed by atoms with Gasteiger partial charge in [0, 0.05) is 18.1 Å². The number of halogens is 1. The van der Waals surface area contributed by atoms with Crippen LogP contribution in [-0.4, -0.2) is 41.2 Å². The molecule has 3 rings (SSSR count). The van der Waals surface area contributed by atoms with Gasteiger partial charge in [0.15, 0.2) is 0 Å². The number of anilines is 1. The van der Waals surface area contributed by atoms with Gasteiger partial charge in [-0.15, -0.1) is 0 Å². The first-order valence-corrected chi connectivity index (χ1v) is 10.1. The minimum atomic E-state index is -3.94. The van der Waals surface area contributed by atoms with E-state index >= 15 is 0 Å². The lowest BCUT2D eigenvalue weighted by atomic mass is 10.1. The van der Waals surface area contributed by atoms with E-state index in [1.807, 2.05) is 17.0 Å². The van der Waals surface area contributed by atoms with Crippen molar-refractivity contribution in [2.75, 3.05) is 31.7 Å². The molecular formula is C18H19ClN2O5S. The second kappa shape index (κ2) is 7.85. The van der Waals surface area contributed by atoms with Crippen molar-refractivity contribution in [2.24, 2.45) is 5.14 Å². The molecule has 2 N–H and O–H groups in total. The first kappa shape index (κ1) is 19.6. The largest absolute Gasteiger partial charge is 0.465 e. The van der Waals surface area contributed by atoms with Gasteiger partial charge >= 0.3 is 5.97 Å². The van der Waals surface area contributed by atoms with Crippen LogP contribution < -0.4 is 10.0 Å². The molecule has 1 aliphatic rings.